The zero-order valence-corrected chi connectivity index (χ0v) is 14.0. The molecule has 3 rings (SSSR count). The van der Waals surface area contributed by atoms with Crippen LogP contribution in [0.2, 0.25) is 0 Å². The van der Waals surface area contributed by atoms with Gasteiger partial charge in [-0.15, -0.1) is 0 Å². The Morgan fingerprint density at radius 3 is 2.95 bits per heavy atom. The van der Waals surface area contributed by atoms with Crippen molar-refractivity contribution in [2.45, 2.75) is 39.0 Å². The van der Waals surface area contributed by atoms with Gasteiger partial charge in [-0.2, -0.15) is 0 Å². The van der Waals surface area contributed by atoms with Gasteiger partial charge >= 0.3 is 0 Å². The van der Waals surface area contributed by atoms with Gasteiger partial charge in [-0.3, -0.25) is 0 Å². The van der Waals surface area contributed by atoms with Crippen LogP contribution in [0.1, 0.15) is 35.7 Å². The smallest absolute Gasteiger partial charge is 0.130 e. The van der Waals surface area contributed by atoms with Crippen LogP contribution in [0.25, 0.3) is 0 Å². The van der Waals surface area contributed by atoms with Gasteiger partial charge in [-0.05, 0) is 44.5 Å². The van der Waals surface area contributed by atoms with Gasteiger partial charge in [0.2, 0.25) is 0 Å². The summed E-state index contributed by atoms with van der Waals surface area (Å²) in [5, 5.41) is 3.19. The third kappa shape index (κ3) is 3.30. The highest BCUT2D eigenvalue weighted by Crippen LogP contribution is 2.36. The summed E-state index contributed by atoms with van der Waals surface area (Å²) in [4.78, 5) is 4.25. The second-order valence-electron chi connectivity index (χ2n) is 5.55. The van der Waals surface area contributed by atoms with Gasteiger partial charge < -0.3 is 14.6 Å². The molecule has 0 spiro atoms. The van der Waals surface area contributed by atoms with Crippen molar-refractivity contribution in [3.05, 3.63) is 46.0 Å². The van der Waals surface area contributed by atoms with Gasteiger partial charge in [0, 0.05) is 22.6 Å². The lowest BCUT2D eigenvalue weighted by Gasteiger charge is -2.15. The summed E-state index contributed by atoms with van der Waals surface area (Å²) in [6, 6.07) is 4.83. The van der Waals surface area contributed by atoms with Crippen LogP contribution in [0.3, 0.4) is 0 Å². The van der Waals surface area contributed by atoms with E-state index in [-0.39, 0.29) is 0 Å². The van der Waals surface area contributed by atoms with E-state index in [0.29, 0.717) is 12.6 Å². The van der Waals surface area contributed by atoms with Crippen molar-refractivity contribution in [1.29, 1.82) is 0 Å². The largest absolute Gasteiger partial charge is 0.487 e. The number of aryl methyl sites for hydroxylation is 1. The summed E-state index contributed by atoms with van der Waals surface area (Å²) in [6.45, 7) is 3.44. The van der Waals surface area contributed by atoms with Crippen molar-refractivity contribution in [2.24, 2.45) is 0 Å². The molecule has 112 valence electrons. The quantitative estimate of drug-likeness (QED) is 0.866. The van der Waals surface area contributed by atoms with Gasteiger partial charge in [-0.25, -0.2) is 4.98 Å². The van der Waals surface area contributed by atoms with E-state index >= 15 is 0 Å². The molecule has 4 nitrogen and oxygen atoms in total. The number of benzene rings is 1. The summed E-state index contributed by atoms with van der Waals surface area (Å²) in [7, 11) is 1.95. The Bertz CT molecular complexity index is 634. The SMILES string of the molecule is CNCc1cc(Br)cc(C)c1OCc1cncn1C1CC1. The molecule has 0 bridgehead atoms. The molecule has 1 fully saturated rings. The summed E-state index contributed by atoms with van der Waals surface area (Å²) in [5.74, 6) is 0.969. The highest BCUT2D eigenvalue weighted by Gasteiger charge is 2.25. The Labute approximate surface area is 133 Å². The molecule has 1 aromatic heterocycles. The predicted molar refractivity (Wildman–Crippen MR) is 86.5 cm³/mol. The highest BCUT2D eigenvalue weighted by atomic mass is 79.9. The van der Waals surface area contributed by atoms with Crippen LogP contribution in [0.4, 0.5) is 0 Å². The molecule has 1 aromatic carbocycles. The minimum atomic E-state index is 0.565. The second kappa shape index (κ2) is 6.20. The minimum absolute atomic E-state index is 0.565. The van der Waals surface area contributed by atoms with Gasteiger partial charge in [0.15, 0.2) is 0 Å². The molecule has 0 saturated heterocycles. The fourth-order valence-electron chi connectivity index (χ4n) is 2.60. The Morgan fingerprint density at radius 1 is 1.43 bits per heavy atom. The zero-order valence-electron chi connectivity index (χ0n) is 12.4. The monoisotopic (exact) mass is 349 g/mol. The number of ether oxygens (including phenoxy) is 1. The van der Waals surface area contributed by atoms with Crippen molar-refractivity contribution in [1.82, 2.24) is 14.9 Å². The van der Waals surface area contributed by atoms with Crippen LogP contribution in [0, 0.1) is 6.92 Å². The van der Waals surface area contributed by atoms with Crippen molar-refractivity contribution in [3.63, 3.8) is 0 Å². The molecule has 0 amide bonds. The molecule has 0 atom stereocenters. The van der Waals surface area contributed by atoms with Gasteiger partial charge in [0.25, 0.3) is 0 Å². The molecule has 1 heterocycles. The van der Waals surface area contributed by atoms with Gasteiger partial charge in [-0.1, -0.05) is 15.9 Å². The normalized spacial score (nSPS) is 14.4. The van der Waals surface area contributed by atoms with Gasteiger partial charge in [0.1, 0.15) is 12.4 Å². The molecule has 0 unspecified atom stereocenters. The highest BCUT2D eigenvalue weighted by molar-refractivity contribution is 9.10. The average Bonchev–Trinajstić information content (AvgIpc) is 3.17. The lowest BCUT2D eigenvalue weighted by Crippen LogP contribution is -2.10. The van der Waals surface area contributed by atoms with Crippen LogP contribution in [0.5, 0.6) is 5.75 Å². The standard InChI is InChI=1S/C16H20BrN3O/c1-11-5-13(17)6-12(7-18-2)16(11)21-9-15-8-19-10-20(15)14-3-4-14/h5-6,8,10,14,18H,3-4,7,9H2,1-2H3. The third-order valence-corrected chi connectivity index (χ3v) is 4.19. The van der Waals surface area contributed by atoms with E-state index in [1.54, 1.807) is 0 Å². The summed E-state index contributed by atoms with van der Waals surface area (Å²) in [5.41, 5.74) is 3.46. The molecule has 1 aliphatic carbocycles. The number of hydrogen-bond donors (Lipinski definition) is 1. The molecule has 1 N–H and O–H groups in total. The first kappa shape index (κ1) is 14.6. The van der Waals surface area contributed by atoms with Crippen molar-refractivity contribution in [2.75, 3.05) is 7.05 Å². The fraction of sp³-hybridized carbons (Fsp3) is 0.438. The number of nitrogens with zero attached hydrogens (tertiary/aromatic N) is 2. The molecule has 5 heteroatoms. The van der Waals surface area contributed by atoms with Crippen molar-refractivity contribution >= 4 is 15.9 Å². The predicted octanol–water partition coefficient (Wildman–Crippen LogP) is 3.59. The number of aromatic nitrogens is 2. The Kier molecular flexibility index (Phi) is 4.31. The average molecular weight is 350 g/mol. The number of hydrogen-bond acceptors (Lipinski definition) is 3. The molecule has 0 aliphatic heterocycles. The summed E-state index contributed by atoms with van der Waals surface area (Å²) < 4.78 is 9.44. The summed E-state index contributed by atoms with van der Waals surface area (Å²) in [6.07, 6.45) is 6.33. The Hall–Kier alpha value is -1.33. The number of imidazole rings is 1. The van der Waals surface area contributed by atoms with E-state index in [4.69, 9.17) is 4.74 Å². The first-order chi connectivity index (χ1) is 10.2. The lowest BCUT2D eigenvalue weighted by atomic mass is 10.1. The van der Waals surface area contributed by atoms with E-state index in [0.717, 1.165) is 28.0 Å². The van der Waals surface area contributed by atoms with Crippen LogP contribution < -0.4 is 10.1 Å². The molecular weight excluding hydrogens is 330 g/mol. The van der Waals surface area contributed by atoms with Crippen LogP contribution in [0.15, 0.2) is 29.1 Å². The maximum absolute atomic E-state index is 6.12. The zero-order chi connectivity index (χ0) is 14.8. The topological polar surface area (TPSA) is 39.1 Å². The maximum Gasteiger partial charge on any atom is 0.130 e. The van der Waals surface area contributed by atoms with Crippen LogP contribution in [-0.2, 0) is 13.2 Å². The summed E-state index contributed by atoms with van der Waals surface area (Å²) >= 11 is 3.55. The number of nitrogens with one attached hydrogen (secondary N) is 1. The number of halogens is 1. The molecule has 2 aromatic rings. The minimum Gasteiger partial charge on any atom is -0.487 e. The second-order valence-corrected chi connectivity index (χ2v) is 6.47. The van der Waals surface area contributed by atoms with E-state index in [9.17, 15) is 0 Å². The van der Waals surface area contributed by atoms with Crippen LogP contribution >= 0.6 is 15.9 Å². The van der Waals surface area contributed by atoms with E-state index in [1.807, 2.05) is 19.6 Å². The van der Waals surface area contributed by atoms with E-state index < -0.39 is 0 Å². The van der Waals surface area contributed by atoms with E-state index in [2.05, 4.69) is 49.9 Å². The molecule has 0 radical (unpaired) electrons. The molecular formula is C16H20BrN3O. The molecule has 1 aliphatic rings. The Balaban J connectivity index is 1.79. The Morgan fingerprint density at radius 2 is 2.24 bits per heavy atom. The van der Waals surface area contributed by atoms with Gasteiger partial charge in [0.05, 0.1) is 18.2 Å². The molecule has 1 saturated carbocycles. The first-order valence-electron chi connectivity index (χ1n) is 7.26. The maximum atomic E-state index is 6.12. The molecule has 21 heavy (non-hydrogen) atoms. The first-order valence-corrected chi connectivity index (χ1v) is 8.05. The third-order valence-electron chi connectivity index (χ3n) is 3.73. The van der Waals surface area contributed by atoms with E-state index in [1.165, 1.54) is 18.4 Å². The van der Waals surface area contributed by atoms with Crippen molar-refractivity contribution in [3.8, 4) is 5.75 Å². The lowest BCUT2D eigenvalue weighted by molar-refractivity contribution is 0.289. The number of rotatable bonds is 6. The van der Waals surface area contributed by atoms with Crippen LogP contribution in [-0.4, -0.2) is 16.6 Å². The fourth-order valence-corrected chi connectivity index (χ4v) is 3.22. The van der Waals surface area contributed by atoms with Crippen molar-refractivity contribution < 1.29 is 4.74 Å².